The van der Waals surface area contributed by atoms with Crippen LogP contribution in [0, 0.1) is 0 Å². The van der Waals surface area contributed by atoms with Crippen LogP contribution in [0.15, 0.2) is 0 Å². The van der Waals surface area contributed by atoms with Crippen molar-refractivity contribution in [1.82, 2.24) is 4.90 Å². The first-order chi connectivity index (χ1) is 5.39. The Hall–Kier alpha value is 0.400. The zero-order valence-electron chi connectivity index (χ0n) is 7.92. The predicted molar refractivity (Wildman–Crippen MR) is 57.1 cm³/mol. The van der Waals surface area contributed by atoms with E-state index in [0.717, 1.165) is 26.3 Å². The molecule has 0 N–H and O–H groups in total. The van der Waals surface area contributed by atoms with Crippen LogP contribution in [0.2, 0.25) is 0 Å². The fourth-order valence-corrected chi connectivity index (χ4v) is 0.905. The molecule has 0 unspecified atom stereocenters. The summed E-state index contributed by atoms with van der Waals surface area (Å²) in [6, 6.07) is 0. The van der Waals surface area contributed by atoms with E-state index in [1.54, 1.807) is 0 Å². The van der Waals surface area contributed by atoms with E-state index in [1.807, 2.05) is 0 Å². The van der Waals surface area contributed by atoms with Crippen molar-refractivity contribution in [3.05, 3.63) is 0 Å². The Balaban J connectivity index is 0.000000209. The quantitative estimate of drug-likeness (QED) is 0.640. The largest absolute Gasteiger partial charge is 0.379 e. The number of likely N-dealkylation sites (N-methyl/N-ethyl adjacent to an activating group) is 1. The Morgan fingerprint density at radius 3 is 1.50 bits per heavy atom. The van der Waals surface area contributed by atoms with Crippen molar-refractivity contribution in [3.63, 3.8) is 0 Å². The van der Waals surface area contributed by atoms with E-state index in [1.165, 1.54) is 25.7 Å². The van der Waals surface area contributed by atoms with Gasteiger partial charge in [0.05, 0.1) is 13.2 Å². The van der Waals surface area contributed by atoms with Crippen LogP contribution in [0.3, 0.4) is 0 Å². The Labute approximate surface area is 86.0 Å². The molecule has 0 radical (unpaired) electrons. The molecular formula is C9H20BrNO. The van der Waals surface area contributed by atoms with E-state index in [-0.39, 0.29) is 17.0 Å². The SMILES string of the molecule is Br.C1CCC1.CN1CCOCC1. The summed E-state index contributed by atoms with van der Waals surface area (Å²) in [6.07, 6.45) is 6.00. The minimum Gasteiger partial charge on any atom is -0.379 e. The number of ether oxygens (including phenoxy) is 1. The molecule has 1 saturated heterocycles. The van der Waals surface area contributed by atoms with Gasteiger partial charge in [-0.15, -0.1) is 17.0 Å². The molecule has 12 heavy (non-hydrogen) atoms. The minimum atomic E-state index is 0. The topological polar surface area (TPSA) is 12.5 Å². The lowest BCUT2D eigenvalue weighted by molar-refractivity contribution is 0.0503. The highest BCUT2D eigenvalue weighted by atomic mass is 79.9. The maximum absolute atomic E-state index is 5.10. The fraction of sp³-hybridized carbons (Fsp3) is 1.00. The molecule has 0 aromatic rings. The zero-order chi connectivity index (χ0) is 7.94. The third kappa shape index (κ3) is 5.98. The van der Waals surface area contributed by atoms with E-state index in [9.17, 15) is 0 Å². The molecule has 2 aliphatic rings. The average Bonchev–Trinajstić information content (AvgIpc) is 1.85. The zero-order valence-corrected chi connectivity index (χ0v) is 9.63. The van der Waals surface area contributed by atoms with Gasteiger partial charge in [-0.3, -0.25) is 0 Å². The number of halogens is 1. The Morgan fingerprint density at radius 2 is 1.33 bits per heavy atom. The first-order valence-corrected chi connectivity index (χ1v) is 4.66. The Bertz CT molecular complexity index is 86.5. The average molecular weight is 238 g/mol. The lowest BCUT2D eigenvalue weighted by Gasteiger charge is -2.21. The molecule has 1 aliphatic heterocycles. The van der Waals surface area contributed by atoms with Crippen LogP contribution in [-0.2, 0) is 4.74 Å². The Morgan fingerprint density at radius 1 is 0.917 bits per heavy atom. The molecule has 1 aliphatic carbocycles. The van der Waals surface area contributed by atoms with Gasteiger partial charge in [-0.25, -0.2) is 0 Å². The molecule has 2 nitrogen and oxygen atoms in total. The molecule has 0 bridgehead atoms. The molecule has 0 atom stereocenters. The van der Waals surface area contributed by atoms with Gasteiger partial charge >= 0.3 is 0 Å². The van der Waals surface area contributed by atoms with Gasteiger partial charge in [0.2, 0.25) is 0 Å². The van der Waals surface area contributed by atoms with Gasteiger partial charge < -0.3 is 9.64 Å². The molecule has 0 amide bonds. The van der Waals surface area contributed by atoms with Crippen molar-refractivity contribution in [2.45, 2.75) is 25.7 Å². The second-order valence-corrected chi connectivity index (χ2v) is 3.33. The highest BCUT2D eigenvalue weighted by Gasteiger charge is 2.02. The second kappa shape index (κ2) is 8.02. The summed E-state index contributed by atoms with van der Waals surface area (Å²) in [5, 5.41) is 0. The maximum Gasteiger partial charge on any atom is 0.0594 e. The van der Waals surface area contributed by atoms with Gasteiger partial charge in [-0.05, 0) is 7.05 Å². The number of rotatable bonds is 0. The van der Waals surface area contributed by atoms with Crippen molar-refractivity contribution in [1.29, 1.82) is 0 Å². The maximum atomic E-state index is 5.10. The van der Waals surface area contributed by atoms with Crippen molar-refractivity contribution < 1.29 is 4.74 Å². The fourth-order valence-electron chi connectivity index (χ4n) is 0.905. The lowest BCUT2D eigenvalue weighted by Crippen LogP contribution is -2.32. The van der Waals surface area contributed by atoms with Crippen LogP contribution < -0.4 is 0 Å². The van der Waals surface area contributed by atoms with Gasteiger partial charge in [-0.1, -0.05) is 25.7 Å². The van der Waals surface area contributed by atoms with Crippen LogP contribution >= 0.6 is 17.0 Å². The number of hydrogen-bond donors (Lipinski definition) is 0. The smallest absolute Gasteiger partial charge is 0.0594 e. The highest BCUT2D eigenvalue weighted by molar-refractivity contribution is 8.93. The third-order valence-corrected chi connectivity index (χ3v) is 2.23. The van der Waals surface area contributed by atoms with Crippen LogP contribution in [0.1, 0.15) is 25.7 Å². The summed E-state index contributed by atoms with van der Waals surface area (Å²) in [5.41, 5.74) is 0. The monoisotopic (exact) mass is 237 g/mol. The standard InChI is InChI=1S/C5H11NO.C4H8.BrH/c1-6-2-4-7-5-3-6;1-2-4-3-1;/h2-5H2,1H3;1-4H2;1H. The summed E-state index contributed by atoms with van der Waals surface area (Å²) in [5.74, 6) is 0. The molecule has 0 spiro atoms. The summed E-state index contributed by atoms with van der Waals surface area (Å²) < 4.78 is 5.10. The number of nitrogens with zero attached hydrogens (tertiary/aromatic N) is 1. The van der Waals surface area contributed by atoms with Gasteiger partial charge in [0.1, 0.15) is 0 Å². The van der Waals surface area contributed by atoms with Gasteiger partial charge in [0.15, 0.2) is 0 Å². The van der Waals surface area contributed by atoms with E-state index < -0.39 is 0 Å². The van der Waals surface area contributed by atoms with Crippen LogP contribution in [0.4, 0.5) is 0 Å². The molecule has 0 aromatic carbocycles. The van der Waals surface area contributed by atoms with Crippen LogP contribution in [0.5, 0.6) is 0 Å². The van der Waals surface area contributed by atoms with Crippen molar-refractivity contribution >= 4 is 17.0 Å². The van der Waals surface area contributed by atoms with E-state index >= 15 is 0 Å². The summed E-state index contributed by atoms with van der Waals surface area (Å²) in [6.45, 7) is 4.02. The first-order valence-electron chi connectivity index (χ1n) is 4.66. The normalized spacial score (nSPS) is 22.8. The Kier molecular flexibility index (Phi) is 8.29. The van der Waals surface area contributed by atoms with Gasteiger partial charge in [-0.2, -0.15) is 0 Å². The van der Waals surface area contributed by atoms with Crippen molar-refractivity contribution in [2.24, 2.45) is 0 Å². The second-order valence-electron chi connectivity index (χ2n) is 3.33. The molecule has 1 saturated carbocycles. The molecule has 2 fully saturated rings. The summed E-state index contributed by atoms with van der Waals surface area (Å²) in [4.78, 5) is 2.27. The molecular weight excluding hydrogens is 218 g/mol. The molecule has 74 valence electrons. The minimum absolute atomic E-state index is 0. The van der Waals surface area contributed by atoms with Crippen LogP contribution in [0.25, 0.3) is 0 Å². The summed E-state index contributed by atoms with van der Waals surface area (Å²) in [7, 11) is 2.11. The van der Waals surface area contributed by atoms with E-state index in [0.29, 0.717) is 0 Å². The predicted octanol–water partition coefficient (Wildman–Crippen LogP) is 2.09. The number of morpholine rings is 1. The number of hydrogen-bond acceptors (Lipinski definition) is 2. The molecule has 1 heterocycles. The molecule has 3 heteroatoms. The molecule has 0 aromatic heterocycles. The van der Waals surface area contributed by atoms with E-state index in [4.69, 9.17) is 4.74 Å². The first kappa shape index (κ1) is 12.4. The lowest BCUT2D eigenvalue weighted by atomic mass is 10.0. The van der Waals surface area contributed by atoms with E-state index in [2.05, 4.69) is 11.9 Å². The van der Waals surface area contributed by atoms with Crippen molar-refractivity contribution in [2.75, 3.05) is 33.4 Å². The summed E-state index contributed by atoms with van der Waals surface area (Å²) >= 11 is 0. The van der Waals surface area contributed by atoms with Crippen molar-refractivity contribution in [3.8, 4) is 0 Å². The molecule has 2 rings (SSSR count). The highest BCUT2D eigenvalue weighted by Crippen LogP contribution is 2.15. The van der Waals surface area contributed by atoms with Crippen LogP contribution in [-0.4, -0.2) is 38.3 Å². The van der Waals surface area contributed by atoms with Gasteiger partial charge in [0.25, 0.3) is 0 Å². The third-order valence-electron chi connectivity index (χ3n) is 2.23. The van der Waals surface area contributed by atoms with Gasteiger partial charge in [0, 0.05) is 13.1 Å².